The van der Waals surface area contributed by atoms with Crippen LogP contribution in [-0.2, 0) is 0 Å². The Morgan fingerprint density at radius 1 is 1.13 bits per heavy atom. The van der Waals surface area contributed by atoms with Crippen molar-refractivity contribution < 1.29 is 0 Å². The first-order valence-corrected chi connectivity index (χ1v) is 7.68. The molecule has 0 spiro atoms. The molecule has 0 saturated carbocycles. The van der Waals surface area contributed by atoms with Crippen LogP contribution in [0, 0.1) is 6.92 Å². The summed E-state index contributed by atoms with van der Waals surface area (Å²) >= 11 is 0. The smallest absolute Gasteiger partial charge is 0.157 e. The van der Waals surface area contributed by atoms with Gasteiger partial charge in [0.15, 0.2) is 5.82 Å². The number of hydrogen-bond donors (Lipinski definition) is 1. The number of aromatic nitrogens is 6. The Hall–Kier alpha value is -2.83. The molecule has 1 N–H and O–H groups in total. The highest BCUT2D eigenvalue weighted by Gasteiger charge is 2.28. The molecular formula is C16H17N7. The molecule has 1 aliphatic heterocycles. The molecule has 0 amide bonds. The Labute approximate surface area is 133 Å². The SMILES string of the molecule is Cc1cc(N2CCC[C@H]2c2cnc(-c3ncc[nH]3)cn2)ncn1. The molecule has 1 aliphatic rings. The third kappa shape index (κ3) is 2.65. The molecule has 4 rings (SSSR count). The number of nitrogens with zero attached hydrogens (tertiary/aromatic N) is 6. The van der Waals surface area contributed by atoms with Crippen molar-refractivity contribution in [2.45, 2.75) is 25.8 Å². The highest BCUT2D eigenvalue weighted by molar-refractivity contribution is 5.47. The molecule has 0 aliphatic carbocycles. The van der Waals surface area contributed by atoms with Gasteiger partial charge >= 0.3 is 0 Å². The average molecular weight is 307 g/mol. The van der Waals surface area contributed by atoms with E-state index >= 15 is 0 Å². The Morgan fingerprint density at radius 2 is 2.09 bits per heavy atom. The molecule has 0 aromatic carbocycles. The first kappa shape index (κ1) is 13.8. The van der Waals surface area contributed by atoms with Crippen molar-refractivity contribution in [3.63, 3.8) is 0 Å². The second kappa shape index (κ2) is 5.75. The minimum Gasteiger partial charge on any atom is -0.348 e. The molecule has 116 valence electrons. The van der Waals surface area contributed by atoms with Gasteiger partial charge in [0.25, 0.3) is 0 Å². The van der Waals surface area contributed by atoms with Gasteiger partial charge < -0.3 is 9.88 Å². The van der Waals surface area contributed by atoms with Crippen LogP contribution in [0.5, 0.6) is 0 Å². The van der Waals surface area contributed by atoms with Crippen molar-refractivity contribution >= 4 is 5.82 Å². The van der Waals surface area contributed by atoms with E-state index in [0.29, 0.717) is 0 Å². The third-order valence-electron chi connectivity index (χ3n) is 4.09. The molecule has 1 fully saturated rings. The van der Waals surface area contributed by atoms with Gasteiger partial charge in [0.1, 0.15) is 17.8 Å². The summed E-state index contributed by atoms with van der Waals surface area (Å²) in [6.45, 7) is 2.96. The number of H-pyrrole nitrogens is 1. The van der Waals surface area contributed by atoms with E-state index in [9.17, 15) is 0 Å². The van der Waals surface area contributed by atoms with Crippen molar-refractivity contribution in [3.05, 3.63) is 48.6 Å². The van der Waals surface area contributed by atoms with E-state index in [2.05, 4.69) is 34.8 Å². The summed E-state index contributed by atoms with van der Waals surface area (Å²) in [5.41, 5.74) is 2.69. The summed E-state index contributed by atoms with van der Waals surface area (Å²) in [5.74, 6) is 1.69. The van der Waals surface area contributed by atoms with Crippen molar-refractivity contribution in [2.75, 3.05) is 11.4 Å². The summed E-state index contributed by atoms with van der Waals surface area (Å²) < 4.78 is 0. The maximum absolute atomic E-state index is 4.61. The number of anilines is 1. The van der Waals surface area contributed by atoms with Crippen LogP contribution < -0.4 is 4.90 Å². The van der Waals surface area contributed by atoms with Crippen LogP contribution >= 0.6 is 0 Å². The molecule has 3 aromatic heterocycles. The predicted octanol–water partition coefficient (Wildman–Crippen LogP) is 2.31. The van der Waals surface area contributed by atoms with Gasteiger partial charge in [0.2, 0.25) is 0 Å². The summed E-state index contributed by atoms with van der Waals surface area (Å²) in [6, 6.07) is 2.23. The zero-order valence-electron chi connectivity index (χ0n) is 12.8. The van der Waals surface area contributed by atoms with Crippen molar-refractivity contribution in [1.82, 2.24) is 29.9 Å². The lowest BCUT2D eigenvalue weighted by Gasteiger charge is -2.25. The maximum Gasteiger partial charge on any atom is 0.157 e. The van der Waals surface area contributed by atoms with E-state index in [0.717, 1.165) is 48.1 Å². The van der Waals surface area contributed by atoms with E-state index in [1.165, 1.54) is 0 Å². The molecule has 1 atom stereocenters. The first-order valence-electron chi connectivity index (χ1n) is 7.68. The quantitative estimate of drug-likeness (QED) is 0.799. The summed E-state index contributed by atoms with van der Waals surface area (Å²) in [5, 5.41) is 0. The van der Waals surface area contributed by atoms with Gasteiger partial charge in [-0.2, -0.15) is 0 Å². The fourth-order valence-corrected chi connectivity index (χ4v) is 2.98. The van der Waals surface area contributed by atoms with Gasteiger partial charge in [-0.05, 0) is 19.8 Å². The van der Waals surface area contributed by atoms with E-state index in [1.54, 1.807) is 24.9 Å². The second-order valence-electron chi connectivity index (χ2n) is 5.63. The number of hydrogen-bond acceptors (Lipinski definition) is 6. The number of imidazole rings is 1. The van der Waals surface area contributed by atoms with E-state index < -0.39 is 0 Å². The van der Waals surface area contributed by atoms with Crippen LogP contribution in [0.4, 0.5) is 5.82 Å². The summed E-state index contributed by atoms with van der Waals surface area (Å²) in [4.78, 5) is 27.2. The lowest BCUT2D eigenvalue weighted by molar-refractivity contribution is 0.682. The van der Waals surface area contributed by atoms with Gasteiger partial charge in [-0.25, -0.2) is 19.9 Å². The monoisotopic (exact) mass is 307 g/mol. The maximum atomic E-state index is 4.61. The lowest BCUT2D eigenvalue weighted by Crippen LogP contribution is -2.24. The van der Waals surface area contributed by atoms with E-state index in [-0.39, 0.29) is 6.04 Å². The predicted molar refractivity (Wildman–Crippen MR) is 85.7 cm³/mol. The molecule has 23 heavy (non-hydrogen) atoms. The van der Waals surface area contributed by atoms with Gasteiger partial charge in [0.05, 0.1) is 24.1 Å². The summed E-state index contributed by atoms with van der Waals surface area (Å²) in [6.07, 6.45) is 10.9. The van der Waals surface area contributed by atoms with Gasteiger partial charge in [-0.1, -0.05) is 0 Å². The molecule has 0 radical (unpaired) electrons. The zero-order chi connectivity index (χ0) is 15.6. The standard InChI is InChI=1S/C16H17N7/c1-11-7-15(22-10-21-11)23-6-2-3-14(23)12-8-20-13(9-19-12)16-17-4-5-18-16/h4-5,7-10,14H,2-3,6H2,1H3,(H,17,18)/t14-/m0/s1. The molecule has 0 unspecified atom stereocenters. The topological polar surface area (TPSA) is 83.5 Å². The Morgan fingerprint density at radius 3 is 2.83 bits per heavy atom. The minimum absolute atomic E-state index is 0.211. The largest absolute Gasteiger partial charge is 0.348 e. The van der Waals surface area contributed by atoms with Gasteiger partial charge in [-0.3, -0.25) is 4.98 Å². The zero-order valence-corrected chi connectivity index (χ0v) is 12.8. The lowest BCUT2D eigenvalue weighted by atomic mass is 10.1. The van der Waals surface area contributed by atoms with Crippen LogP contribution in [0.1, 0.15) is 30.3 Å². The van der Waals surface area contributed by atoms with Crippen LogP contribution in [0.3, 0.4) is 0 Å². The highest BCUT2D eigenvalue weighted by Crippen LogP contribution is 2.34. The second-order valence-corrected chi connectivity index (χ2v) is 5.63. The Bertz CT molecular complexity index is 782. The van der Waals surface area contributed by atoms with Crippen molar-refractivity contribution in [2.24, 2.45) is 0 Å². The Kier molecular flexibility index (Phi) is 3.45. The number of aromatic amines is 1. The summed E-state index contributed by atoms with van der Waals surface area (Å²) in [7, 11) is 0. The minimum atomic E-state index is 0.211. The molecule has 7 heteroatoms. The highest BCUT2D eigenvalue weighted by atomic mass is 15.2. The van der Waals surface area contributed by atoms with Gasteiger partial charge in [-0.15, -0.1) is 0 Å². The normalized spacial score (nSPS) is 17.6. The van der Waals surface area contributed by atoms with E-state index in [1.807, 2.05) is 19.2 Å². The molecule has 1 saturated heterocycles. The average Bonchev–Trinajstić information content (AvgIpc) is 3.27. The van der Waals surface area contributed by atoms with Crippen molar-refractivity contribution in [1.29, 1.82) is 0 Å². The molecule has 0 bridgehead atoms. The van der Waals surface area contributed by atoms with E-state index in [4.69, 9.17) is 0 Å². The van der Waals surface area contributed by atoms with Crippen molar-refractivity contribution in [3.8, 4) is 11.5 Å². The molecule has 7 nitrogen and oxygen atoms in total. The van der Waals surface area contributed by atoms with Crippen LogP contribution in [0.2, 0.25) is 0 Å². The number of aryl methyl sites for hydroxylation is 1. The van der Waals surface area contributed by atoms with Crippen LogP contribution in [-0.4, -0.2) is 36.4 Å². The van der Waals surface area contributed by atoms with Gasteiger partial charge in [0, 0.05) is 30.7 Å². The third-order valence-corrected chi connectivity index (χ3v) is 4.09. The molecular weight excluding hydrogens is 290 g/mol. The molecule has 4 heterocycles. The fraction of sp³-hybridized carbons (Fsp3) is 0.312. The Balaban J connectivity index is 1.61. The van der Waals surface area contributed by atoms with Crippen LogP contribution in [0.25, 0.3) is 11.5 Å². The first-order chi connectivity index (χ1) is 11.3. The fourth-order valence-electron chi connectivity index (χ4n) is 2.98. The number of rotatable bonds is 3. The van der Waals surface area contributed by atoms with Crippen LogP contribution in [0.15, 0.2) is 37.2 Å². The number of nitrogens with one attached hydrogen (secondary N) is 1. The molecule has 3 aromatic rings.